The van der Waals surface area contributed by atoms with Gasteiger partial charge in [-0.05, 0) is 37.6 Å². The van der Waals surface area contributed by atoms with Gasteiger partial charge in [-0.1, -0.05) is 6.07 Å². The second kappa shape index (κ2) is 7.52. The number of fused-ring (bicyclic) bond motifs is 1. The second-order valence-corrected chi connectivity index (χ2v) is 6.69. The fraction of sp³-hybridized carbons (Fsp3) is 0.250. The first-order valence-corrected chi connectivity index (χ1v) is 8.91. The molecule has 1 aromatic rings. The number of anilines is 1. The van der Waals surface area contributed by atoms with Gasteiger partial charge in [-0.3, -0.25) is 9.11 Å². The van der Waals surface area contributed by atoms with Gasteiger partial charge in [0.1, 0.15) is 0 Å². The Hall–Kier alpha value is -2.29. The topological polar surface area (TPSA) is 105 Å². The van der Waals surface area contributed by atoms with Crippen LogP contribution >= 0.6 is 10.6 Å². The molecule has 7 nitrogen and oxygen atoms in total. The van der Waals surface area contributed by atoms with Crippen molar-refractivity contribution in [3.63, 3.8) is 0 Å². The molecule has 1 aromatic carbocycles. The van der Waals surface area contributed by atoms with E-state index in [1.807, 2.05) is 0 Å². The van der Waals surface area contributed by atoms with Crippen molar-refractivity contribution < 1.29 is 28.2 Å². The minimum atomic E-state index is -2.94. The maximum absolute atomic E-state index is 11.9. The molecule has 130 valence electrons. The number of nitrogens with one attached hydrogen (secondary N) is 1. The molecule has 0 saturated carbocycles. The number of ether oxygens (including phenoxy) is 2. The van der Waals surface area contributed by atoms with E-state index in [-0.39, 0.29) is 18.8 Å². The lowest BCUT2D eigenvalue weighted by Gasteiger charge is -2.25. The van der Waals surface area contributed by atoms with E-state index in [1.165, 1.54) is 11.6 Å². The quantitative estimate of drug-likeness (QED) is 0.312. The number of esters is 2. The summed E-state index contributed by atoms with van der Waals surface area (Å²) in [4.78, 5) is 24.1. The van der Waals surface area contributed by atoms with E-state index in [2.05, 4.69) is 5.32 Å². The maximum Gasteiger partial charge on any atom is 0.347 e. The maximum atomic E-state index is 11.9. The number of rotatable bonds is 6. The Morgan fingerprint density at radius 1 is 1.17 bits per heavy atom. The Bertz CT molecular complexity index is 691. The van der Waals surface area contributed by atoms with Crippen LogP contribution in [0, 0.1) is 0 Å². The van der Waals surface area contributed by atoms with Crippen molar-refractivity contribution in [3.05, 3.63) is 40.9 Å². The lowest BCUT2D eigenvalue weighted by molar-refractivity contribution is -0.146. The summed E-state index contributed by atoms with van der Waals surface area (Å²) in [5.41, 5.74) is 0.924. The fourth-order valence-electron chi connectivity index (χ4n) is 2.04. The van der Waals surface area contributed by atoms with Gasteiger partial charge in [-0.2, -0.15) is 0 Å². The Labute approximate surface area is 141 Å². The summed E-state index contributed by atoms with van der Waals surface area (Å²) in [6.07, 6.45) is 2.82. The van der Waals surface area contributed by atoms with Crippen LogP contribution in [0.1, 0.15) is 19.4 Å². The molecular formula is C16H19NO6S. The van der Waals surface area contributed by atoms with Crippen molar-refractivity contribution in [1.82, 2.24) is 0 Å². The van der Waals surface area contributed by atoms with Crippen molar-refractivity contribution in [2.24, 2.45) is 0 Å². The zero-order valence-corrected chi connectivity index (χ0v) is 14.1. The lowest BCUT2D eigenvalue weighted by atomic mass is 10.2. The van der Waals surface area contributed by atoms with E-state index in [0.717, 1.165) is 0 Å². The molecule has 0 radical (unpaired) electrons. The zero-order valence-electron chi connectivity index (χ0n) is 13.3. The van der Waals surface area contributed by atoms with Crippen LogP contribution in [0.15, 0.2) is 40.3 Å². The van der Waals surface area contributed by atoms with Gasteiger partial charge in [0.15, 0.2) is 5.57 Å². The summed E-state index contributed by atoms with van der Waals surface area (Å²) < 4.78 is 29.5. The molecule has 0 aliphatic carbocycles. The Morgan fingerprint density at radius 2 is 1.79 bits per heavy atom. The largest absolute Gasteiger partial charge is 0.462 e. The molecule has 2 rings (SSSR count). The SMILES string of the molecule is CCOC(=O)C(=CNc1ccc2c(c1)S(O)(O)C=C2)C(=O)OCC. The zero-order chi connectivity index (χ0) is 17.7. The highest BCUT2D eigenvalue weighted by molar-refractivity contribution is 8.27. The van der Waals surface area contributed by atoms with Gasteiger partial charge in [0, 0.05) is 17.3 Å². The van der Waals surface area contributed by atoms with Crippen LogP contribution in [0.3, 0.4) is 0 Å². The molecule has 1 heterocycles. The van der Waals surface area contributed by atoms with Crippen molar-refractivity contribution >= 4 is 34.3 Å². The highest BCUT2D eigenvalue weighted by Crippen LogP contribution is 2.56. The van der Waals surface area contributed by atoms with Crippen LogP contribution < -0.4 is 5.32 Å². The van der Waals surface area contributed by atoms with Crippen LogP contribution in [0.2, 0.25) is 0 Å². The standard InChI is InChI=1S/C16H19NO6S/c1-3-22-15(18)13(16(19)23-4-2)10-17-12-6-5-11-7-8-24(20,21)14(11)9-12/h5-10,17,20-21H,3-4H2,1-2H3. The normalized spacial score (nSPS) is 15.2. The average molecular weight is 353 g/mol. The highest BCUT2D eigenvalue weighted by Gasteiger charge is 2.23. The van der Waals surface area contributed by atoms with Crippen LogP contribution in [0.5, 0.6) is 0 Å². The van der Waals surface area contributed by atoms with Crippen LogP contribution in [0.25, 0.3) is 6.08 Å². The fourth-order valence-corrected chi connectivity index (χ4v) is 3.30. The highest BCUT2D eigenvalue weighted by atomic mass is 32.3. The Morgan fingerprint density at radius 3 is 2.38 bits per heavy atom. The number of benzene rings is 1. The van der Waals surface area contributed by atoms with E-state index in [1.54, 1.807) is 38.1 Å². The van der Waals surface area contributed by atoms with Crippen LogP contribution in [-0.2, 0) is 19.1 Å². The number of hydrogen-bond donors (Lipinski definition) is 3. The first-order chi connectivity index (χ1) is 11.4. The van der Waals surface area contributed by atoms with Gasteiger partial charge < -0.3 is 14.8 Å². The molecular weight excluding hydrogens is 334 g/mol. The third kappa shape index (κ3) is 3.97. The van der Waals surface area contributed by atoms with Crippen molar-refractivity contribution in [2.45, 2.75) is 18.7 Å². The molecule has 1 aliphatic rings. The van der Waals surface area contributed by atoms with Crippen LogP contribution in [-0.4, -0.2) is 34.3 Å². The second-order valence-electron chi connectivity index (χ2n) is 4.79. The van der Waals surface area contributed by atoms with E-state index in [4.69, 9.17) is 9.47 Å². The smallest absolute Gasteiger partial charge is 0.347 e. The van der Waals surface area contributed by atoms with Crippen molar-refractivity contribution in [2.75, 3.05) is 18.5 Å². The average Bonchev–Trinajstić information content (AvgIpc) is 2.83. The Kier molecular flexibility index (Phi) is 5.66. The predicted octanol–water partition coefficient (Wildman–Crippen LogP) is 3.20. The molecule has 24 heavy (non-hydrogen) atoms. The predicted molar refractivity (Wildman–Crippen MR) is 91.6 cm³/mol. The van der Waals surface area contributed by atoms with Gasteiger partial charge >= 0.3 is 11.9 Å². The van der Waals surface area contributed by atoms with E-state index in [0.29, 0.717) is 16.1 Å². The van der Waals surface area contributed by atoms with Gasteiger partial charge in [0.2, 0.25) is 0 Å². The summed E-state index contributed by atoms with van der Waals surface area (Å²) in [7, 11) is -2.94. The third-order valence-corrected chi connectivity index (χ3v) is 4.66. The monoisotopic (exact) mass is 353 g/mol. The molecule has 0 unspecified atom stereocenters. The van der Waals surface area contributed by atoms with Gasteiger partial charge in [0.05, 0.1) is 18.1 Å². The first-order valence-electron chi connectivity index (χ1n) is 7.30. The summed E-state index contributed by atoms with van der Waals surface area (Å²) in [5.74, 6) is -1.59. The van der Waals surface area contributed by atoms with E-state index >= 15 is 0 Å². The molecule has 3 N–H and O–H groups in total. The third-order valence-electron chi connectivity index (χ3n) is 3.15. The summed E-state index contributed by atoms with van der Waals surface area (Å²) in [6.45, 7) is 3.51. The molecule has 0 atom stereocenters. The molecule has 0 fully saturated rings. The van der Waals surface area contributed by atoms with E-state index < -0.39 is 22.5 Å². The molecule has 0 bridgehead atoms. The van der Waals surface area contributed by atoms with E-state index in [9.17, 15) is 18.7 Å². The minimum absolute atomic E-state index is 0.126. The summed E-state index contributed by atoms with van der Waals surface area (Å²) in [6, 6.07) is 4.95. The van der Waals surface area contributed by atoms with Gasteiger partial charge in [0.25, 0.3) is 0 Å². The molecule has 0 aromatic heterocycles. The Balaban J connectivity index is 2.23. The minimum Gasteiger partial charge on any atom is -0.462 e. The van der Waals surface area contributed by atoms with Crippen molar-refractivity contribution in [3.8, 4) is 0 Å². The lowest BCUT2D eigenvalue weighted by Crippen LogP contribution is -2.19. The molecule has 8 heteroatoms. The first kappa shape index (κ1) is 18.1. The molecule has 0 saturated heterocycles. The molecule has 0 spiro atoms. The van der Waals surface area contributed by atoms with Crippen molar-refractivity contribution in [1.29, 1.82) is 0 Å². The molecule has 1 aliphatic heterocycles. The number of carbonyl (C=O) groups excluding carboxylic acids is 2. The van der Waals surface area contributed by atoms with Crippen LogP contribution in [0.4, 0.5) is 5.69 Å². The number of carbonyl (C=O) groups is 2. The summed E-state index contributed by atoms with van der Waals surface area (Å²) in [5, 5.41) is 4.14. The number of hydrogen-bond acceptors (Lipinski definition) is 7. The summed E-state index contributed by atoms with van der Waals surface area (Å²) >= 11 is 0. The van der Waals surface area contributed by atoms with Gasteiger partial charge in [-0.15, -0.1) is 10.6 Å². The molecule has 0 amide bonds. The van der Waals surface area contributed by atoms with Gasteiger partial charge in [-0.25, -0.2) is 9.59 Å².